The van der Waals surface area contributed by atoms with Crippen molar-refractivity contribution in [2.24, 2.45) is 0 Å². The van der Waals surface area contributed by atoms with Gasteiger partial charge in [-0.2, -0.15) is 5.10 Å². The van der Waals surface area contributed by atoms with Gasteiger partial charge in [-0.15, -0.1) is 0 Å². The Balaban J connectivity index is 2.34. The topological polar surface area (TPSA) is 112 Å². The van der Waals surface area contributed by atoms with Crippen LogP contribution in [0.4, 0.5) is 5.69 Å². The van der Waals surface area contributed by atoms with Gasteiger partial charge in [-0.3, -0.25) is 14.3 Å². The summed E-state index contributed by atoms with van der Waals surface area (Å²) < 4.78 is 3.01. The quantitative estimate of drug-likeness (QED) is 0.735. The van der Waals surface area contributed by atoms with E-state index in [0.717, 1.165) is 13.0 Å². The predicted octanol–water partition coefficient (Wildman–Crippen LogP) is -0.831. The van der Waals surface area contributed by atoms with Crippen LogP contribution < -0.4 is 17.0 Å². The van der Waals surface area contributed by atoms with E-state index in [1.54, 1.807) is 4.68 Å². The Kier molecular flexibility index (Phi) is 3.26. The van der Waals surface area contributed by atoms with Crippen molar-refractivity contribution in [2.75, 3.05) is 5.73 Å². The molecule has 0 aromatic carbocycles. The van der Waals surface area contributed by atoms with Crippen molar-refractivity contribution >= 4 is 5.69 Å². The maximum atomic E-state index is 11.6. The van der Waals surface area contributed by atoms with E-state index in [4.69, 9.17) is 5.73 Å². The average Bonchev–Trinajstić information content (AvgIpc) is 2.74. The Morgan fingerprint density at radius 2 is 2.22 bits per heavy atom. The van der Waals surface area contributed by atoms with Crippen LogP contribution in [0.2, 0.25) is 0 Å². The molecule has 2 aromatic heterocycles. The standard InChI is InChI=1S/C10H14N6O2/c1-2-3-16-8(12-6-13-16)5-15-4-7(11)9(17)14-10(15)18/h4,6H,2-3,5,11H2,1H3,(H,14,17,18). The minimum absolute atomic E-state index is 0.00356. The minimum atomic E-state index is -0.578. The number of aromatic nitrogens is 5. The lowest BCUT2D eigenvalue weighted by Crippen LogP contribution is -2.32. The molecule has 2 aromatic rings. The van der Waals surface area contributed by atoms with Crippen molar-refractivity contribution in [1.29, 1.82) is 0 Å². The van der Waals surface area contributed by atoms with Gasteiger partial charge in [0, 0.05) is 12.7 Å². The van der Waals surface area contributed by atoms with E-state index >= 15 is 0 Å². The number of anilines is 1. The molecule has 0 bridgehead atoms. The van der Waals surface area contributed by atoms with Gasteiger partial charge in [-0.1, -0.05) is 6.92 Å². The molecule has 0 radical (unpaired) electrons. The van der Waals surface area contributed by atoms with Gasteiger partial charge >= 0.3 is 5.69 Å². The van der Waals surface area contributed by atoms with E-state index < -0.39 is 11.2 Å². The number of hydrogen-bond donors (Lipinski definition) is 2. The smallest absolute Gasteiger partial charge is 0.328 e. The highest BCUT2D eigenvalue weighted by Crippen LogP contribution is 1.99. The fourth-order valence-electron chi connectivity index (χ4n) is 1.61. The lowest BCUT2D eigenvalue weighted by atomic mass is 10.4. The number of hydrogen-bond acceptors (Lipinski definition) is 5. The SMILES string of the molecule is CCCn1ncnc1Cn1cc(N)c(=O)[nH]c1=O. The number of aromatic amines is 1. The molecule has 0 unspecified atom stereocenters. The number of nitrogens with zero attached hydrogens (tertiary/aromatic N) is 4. The van der Waals surface area contributed by atoms with Crippen molar-refractivity contribution in [1.82, 2.24) is 24.3 Å². The Bertz CT molecular complexity index is 653. The van der Waals surface area contributed by atoms with E-state index in [-0.39, 0.29) is 12.2 Å². The molecule has 0 aliphatic carbocycles. The summed E-state index contributed by atoms with van der Waals surface area (Å²) >= 11 is 0. The van der Waals surface area contributed by atoms with Crippen molar-refractivity contribution in [2.45, 2.75) is 26.4 Å². The fourth-order valence-corrected chi connectivity index (χ4v) is 1.61. The second-order valence-electron chi connectivity index (χ2n) is 3.87. The van der Waals surface area contributed by atoms with Crippen molar-refractivity contribution < 1.29 is 0 Å². The monoisotopic (exact) mass is 250 g/mol. The molecule has 3 N–H and O–H groups in total. The molecule has 8 heteroatoms. The van der Waals surface area contributed by atoms with Crippen molar-refractivity contribution in [3.05, 3.63) is 39.2 Å². The van der Waals surface area contributed by atoms with Gasteiger partial charge in [0.15, 0.2) is 0 Å². The van der Waals surface area contributed by atoms with Crippen LogP contribution in [0.25, 0.3) is 0 Å². The second-order valence-corrected chi connectivity index (χ2v) is 3.87. The number of aryl methyl sites for hydroxylation is 1. The van der Waals surface area contributed by atoms with Crippen LogP contribution in [0.15, 0.2) is 22.1 Å². The Morgan fingerprint density at radius 1 is 1.44 bits per heavy atom. The average molecular weight is 250 g/mol. The highest BCUT2D eigenvalue weighted by Gasteiger charge is 2.07. The summed E-state index contributed by atoms with van der Waals surface area (Å²) in [5, 5.41) is 4.06. The first-order valence-electron chi connectivity index (χ1n) is 5.57. The van der Waals surface area contributed by atoms with Crippen LogP contribution in [0.5, 0.6) is 0 Å². The lowest BCUT2D eigenvalue weighted by molar-refractivity contribution is 0.547. The summed E-state index contributed by atoms with van der Waals surface area (Å²) in [4.78, 5) is 28.9. The molecular formula is C10H14N6O2. The first-order chi connectivity index (χ1) is 8.61. The molecule has 18 heavy (non-hydrogen) atoms. The zero-order chi connectivity index (χ0) is 13.1. The molecule has 0 amide bonds. The molecule has 2 heterocycles. The summed E-state index contributed by atoms with van der Waals surface area (Å²) in [6.07, 6.45) is 3.66. The van der Waals surface area contributed by atoms with E-state index in [9.17, 15) is 9.59 Å². The van der Waals surface area contributed by atoms with E-state index in [2.05, 4.69) is 15.1 Å². The van der Waals surface area contributed by atoms with Crippen LogP contribution in [-0.2, 0) is 13.1 Å². The van der Waals surface area contributed by atoms with Gasteiger partial charge in [-0.25, -0.2) is 14.5 Å². The Morgan fingerprint density at radius 3 is 2.94 bits per heavy atom. The normalized spacial score (nSPS) is 10.7. The summed E-state index contributed by atoms with van der Waals surface area (Å²) in [5.41, 5.74) is 4.37. The molecule has 0 aliphatic heterocycles. The number of nitrogens with one attached hydrogen (secondary N) is 1. The minimum Gasteiger partial charge on any atom is -0.393 e. The third-order valence-corrected chi connectivity index (χ3v) is 2.48. The van der Waals surface area contributed by atoms with Gasteiger partial charge in [0.05, 0.1) is 6.54 Å². The molecule has 2 rings (SSSR count). The summed E-state index contributed by atoms with van der Waals surface area (Å²) in [7, 11) is 0. The molecule has 0 spiro atoms. The van der Waals surface area contributed by atoms with E-state index in [1.807, 2.05) is 6.92 Å². The molecule has 8 nitrogen and oxygen atoms in total. The molecule has 96 valence electrons. The van der Waals surface area contributed by atoms with Crippen LogP contribution in [-0.4, -0.2) is 24.3 Å². The highest BCUT2D eigenvalue weighted by atomic mass is 16.2. The first kappa shape index (κ1) is 12.1. The maximum absolute atomic E-state index is 11.6. The zero-order valence-corrected chi connectivity index (χ0v) is 9.96. The van der Waals surface area contributed by atoms with E-state index in [0.29, 0.717) is 5.82 Å². The van der Waals surface area contributed by atoms with Gasteiger partial charge in [-0.05, 0) is 6.42 Å². The molecular weight excluding hydrogens is 236 g/mol. The predicted molar refractivity (Wildman–Crippen MR) is 65.2 cm³/mol. The fraction of sp³-hybridized carbons (Fsp3) is 0.400. The number of nitrogens with two attached hydrogens (primary N) is 1. The maximum Gasteiger partial charge on any atom is 0.328 e. The van der Waals surface area contributed by atoms with Gasteiger partial charge < -0.3 is 5.73 Å². The molecule has 0 saturated heterocycles. The summed E-state index contributed by atoms with van der Waals surface area (Å²) in [6, 6.07) is 0. The molecule has 0 fully saturated rings. The molecule has 0 aliphatic rings. The van der Waals surface area contributed by atoms with Crippen LogP contribution in [0.3, 0.4) is 0 Å². The first-order valence-corrected chi connectivity index (χ1v) is 5.57. The third kappa shape index (κ3) is 2.31. The van der Waals surface area contributed by atoms with Crippen molar-refractivity contribution in [3.8, 4) is 0 Å². The van der Waals surface area contributed by atoms with Gasteiger partial charge in [0.25, 0.3) is 5.56 Å². The van der Waals surface area contributed by atoms with Crippen LogP contribution in [0, 0.1) is 0 Å². The summed E-state index contributed by atoms with van der Waals surface area (Å²) in [6.45, 7) is 2.97. The summed E-state index contributed by atoms with van der Waals surface area (Å²) in [5.74, 6) is 0.644. The van der Waals surface area contributed by atoms with Gasteiger partial charge in [0.1, 0.15) is 17.8 Å². The Hall–Kier alpha value is -2.38. The lowest BCUT2D eigenvalue weighted by Gasteiger charge is -2.07. The van der Waals surface area contributed by atoms with E-state index in [1.165, 1.54) is 17.1 Å². The molecule has 0 atom stereocenters. The van der Waals surface area contributed by atoms with Crippen LogP contribution >= 0.6 is 0 Å². The third-order valence-electron chi connectivity index (χ3n) is 2.48. The zero-order valence-electron chi connectivity index (χ0n) is 9.96. The second kappa shape index (κ2) is 4.86. The largest absolute Gasteiger partial charge is 0.393 e. The highest BCUT2D eigenvalue weighted by molar-refractivity contribution is 5.30. The Labute approximate surface area is 102 Å². The van der Waals surface area contributed by atoms with Crippen LogP contribution in [0.1, 0.15) is 19.2 Å². The number of nitrogen functional groups attached to an aromatic ring is 1. The number of H-pyrrole nitrogens is 1. The number of rotatable bonds is 4. The van der Waals surface area contributed by atoms with Gasteiger partial charge in [0.2, 0.25) is 0 Å². The molecule has 0 saturated carbocycles. The van der Waals surface area contributed by atoms with Crippen molar-refractivity contribution in [3.63, 3.8) is 0 Å².